The molecular weight excluding hydrogens is 236 g/mol. The molecule has 1 aliphatic rings. The lowest BCUT2D eigenvalue weighted by atomic mass is 10.1. The highest BCUT2D eigenvalue weighted by atomic mass is 16.5. The maximum atomic E-state index is 10.8. The average Bonchev–Trinajstić information content (AvgIpc) is 2.82. The van der Waals surface area contributed by atoms with E-state index in [2.05, 4.69) is 6.92 Å². The van der Waals surface area contributed by atoms with Crippen LogP contribution in [0.25, 0.3) is 0 Å². The molecule has 1 aliphatic heterocycles. The first-order valence-corrected chi connectivity index (χ1v) is 7.93. The van der Waals surface area contributed by atoms with Gasteiger partial charge in [-0.3, -0.25) is 0 Å². The lowest BCUT2D eigenvalue weighted by Crippen LogP contribution is -1.90. The molecule has 0 atom stereocenters. The number of allylic oxidation sites excluding steroid dienone is 2. The zero-order valence-corrected chi connectivity index (χ0v) is 12.3. The molecule has 0 fully saturated rings. The summed E-state index contributed by atoms with van der Waals surface area (Å²) in [5.41, 5.74) is 0. The molecule has 0 aromatic rings. The Morgan fingerprint density at radius 3 is 2.00 bits per heavy atom. The molecule has 0 saturated heterocycles. The minimum Gasteiger partial charge on any atom is -0.424 e. The van der Waals surface area contributed by atoms with E-state index in [4.69, 9.17) is 4.74 Å². The van der Waals surface area contributed by atoms with Gasteiger partial charge in [0.05, 0.1) is 0 Å². The fourth-order valence-corrected chi connectivity index (χ4v) is 2.32. The first-order valence-electron chi connectivity index (χ1n) is 7.93. The van der Waals surface area contributed by atoms with E-state index in [0.717, 1.165) is 12.2 Å². The van der Waals surface area contributed by atoms with Gasteiger partial charge in [0.1, 0.15) is 5.76 Å². The summed E-state index contributed by atoms with van der Waals surface area (Å²) in [6.07, 6.45) is 19.8. The summed E-state index contributed by atoms with van der Waals surface area (Å²) in [5.74, 6) is 0.482. The standard InChI is InChI=1S/C17H28O2/c1-2-3-4-5-6-7-8-9-10-11-12-13-16-14-15-17(18)19-16/h13-15H,2-12H2,1H3/b16-13-. The Labute approximate surface area is 117 Å². The Bertz CT molecular complexity index is 302. The van der Waals surface area contributed by atoms with Crippen LogP contribution in [0.15, 0.2) is 24.0 Å². The Balaban J connectivity index is 1.81. The molecule has 19 heavy (non-hydrogen) atoms. The van der Waals surface area contributed by atoms with Crippen LogP contribution in [0.2, 0.25) is 0 Å². The number of hydrogen-bond acceptors (Lipinski definition) is 2. The predicted molar refractivity (Wildman–Crippen MR) is 79.8 cm³/mol. The molecule has 0 unspecified atom stereocenters. The van der Waals surface area contributed by atoms with E-state index in [0.29, 0.717) is 0 Å². The first-order chi connectivity index (χ1) is 9.33. The van der Waals surface area contributed by atoms with Gasteiger partial charge in [-0.2, -0.15) is 0 Å². The molecule has 0 aromatic carbocycles. The van der Waals surface area contributed by atoms with Crippen molar-refractivity contribution in [2.45, 2.75) is 77.6 Å². The summed E-state index contributed by atoms with van der Waals surface area (Å²) in [5, 5.41) is 0. The number of carbonyl (C=O) groups is 1. The van der Waals surface area contributed by atoms with Crippen LogP contribution < -0.4 is 0 Å². The van der Waals surface area contributed by atoms with Crippen molar-refractivity contribution in [3.63, 3.8) is 0 Å². The highest BCUT2D eigenvalue weighted by molar-refractivity contribution is 5.86. The van der Waals surface area contributed by atoms with Crippen LogP contribution in [0, 0.1) is 0 Å². The smallest absolute Gasteiger partial charge is 0.336 e. The summed E-state index contributed by atoms with van der Waals surface area (Å²) in [4.78, 5) is 10.8. The van der Waals surface area contributed by atoms with Gasteiger partial charge in [0.25, 0.3) is 0 Å². The molecule has 0 bridgehead atoms. The quantitative estimate of drug-likeness (QED) is 0.374. The Hall–Kier alpha value is -1.05. The second-order valence-corrected chi connectivity index (χ2v) is 5.33. The lowest BCUT2D eigenvalue weighted by molar-refractivity contribution is -0.132. The van der Waals surface area contributed by atoms with E-state index in [9.17, 15) is 4.79 Å². The normalized spacial score (nSPS) is 16.3. The fourth-order valence-electron chi connectivity index (χ4n) is 2.32. The fraction of sp³-hybridized carbons (Fsp3) is 0.706. The number of cyclic esters (lactones) is 1. The maximum Gasteiger partial charge on any atom is 0.336 e. The van der Waals surface area contributed by atoms with Gasteiger partial charge >= 0.3 is 5.97 Å². The summed E-state index contributed by atoms with van der Waals surface area (Å²) in [6.45, 7) is 2.26. The molecule has 0 aromatic heterocycles. The third kappa shape index (κ3) is 8.63. The molecule has 2 nitrogen and oxygen atoms in total. The van der Waals surface area contributed by atoms with Gasteiger partial charge in [-0.15, -0.1) is 0 Å². The molecular formula is C17H28O2. The van der Waals surface area contributed by atoms with Crippen molar-refractivity contribution in [2.75, 3.05) is 0 Å². The monoisotopic (exact) mass is 264 g/mol. The topological polar surface area (TPSA) is 26.3 Å². The molecule has 0 aliphatic carbocycles. The molecule has 0 saturated carbocycles. The van der Waals surface area contributed by atoms with Crippen molar-refractivity contribution >= 4 is 5.97 Å². The third-order valence-electron chi connectivity index (χ3n) is 3.51. The maximum absolute atomic E-state index is 10.8. The molecule has 0 spiro atoms. The number of ether oxygens (including phenoxy) is 1. The Morgan fingerprint density at radius 2 is 1.47 bits per heavy atom. The number of carbonyl (C=O) groups excluding carboxylic acids is 1. The molecule has 1 rings (SSSR count). The zero-order valence-electron chi connectivity index (χ0n) is 12.3. The van der Waals surface area contributed by atoms with Crippen LogP contribution in [0.3, 0.4) is 0 Å². The number of unbranched alkanes of at least 4 members (excludes halogenated alkanes) is 10. The zero-order chi connectivity index (χ0) is 13.8. The molecule has 1 heterocycles. The van der Waals surface area contributed by atoms with Crippen molar-refractivity contribution in [1.82, 2.24) is 0 Å². The largest absolute Gasteiger partial charge is 0.424 e. The van der Waals surface area contributed by atoms with Crippen LogP contribution >= 0.6 is 0 Å². The number of hydrogen-bond donors (Lipinski definition) is 0. The second kappa shape index (κ2) is 10.8. The van der Waals surface area contributed by atoms with Gasteiger partial charge in [0.15, 0.2) is 0 Å². The highest BCUT2D eigenvalue weighted by Gasteiger charge is 2.07. The van der Waals surface area contributed by atoms with E-state index in [1.54, 1.807) is 6.08 Å². The van der Waals surface area contributed by atoms with Gasteiger partial charge in [-0.25, -0.2) is 4.79 Å². The van der Waals surface area contributed by atoms with Crippen LogP contribution in [0.5, 0.6) is 0 Å². The van der Waals surface area contributed by atoms with Crippen LogP contribution in [0.4, 0.5) is 0 Å². The minimum atomic E-state index is -0.241. The average molecular weight is 264 g/mol. The Morgan fingerprint density at radius 1 is 0.895 bits per heavy atom. The third-order valence-corrected chi connectivity index (χ3v) is 3.51. The van der Waals surface area contributed by atoms with Crippen LogP contribution in [-0.4, -0.2) is 5.97 Å². The van der Waals surface area contributed by atoms with Crippen LogP contribution in [0.1, 0.15) is 77.6 Å². The van der Waals surface area contributed by atoms with E-state index in [1.165, 1.54) is 70.3 Å². The van der Waals surface area contributed by atoms with Gasteiger partial charge in [0.2, 0.25) is 0 Å². The van der Waals surface area contributed by atoms with Gasteiger partial charge in [0, 0.05) is 6.08 Å². The highest BCUT2D eigenvalue weighted by Crippen LogP contribution is 2.14. The molecule has 0 N–H and O–H groups in total. The summed E-state index contributed by atoms with van der Waals surface area (Å²) in [6, 6.07) is 0. The van der Waals surface area contributed by atoms with Crippen molar-refractivity contribution < 1.29 is 9.53 Å². The predicted octanol–water partition coefficient (Wildman–Crippen LogP) is 5.29. The number of rotatable bonds is 11. The molecule has 108 valence electrons. The van der Waals surface area contributed by atoms with E-state index < -0.39 is 0 Å². The van der Waals surface area contributed by atoms with E-state index in [-0.39, 0.29) is 5.97 Å². The SMILES string of the molecule is CCCCCCCCCCCC/C=C1/C=CC(=O)O1. The van der Waals surface area contributed by atoms with Crippen molar-refractivity contribution in [1.29, 1.82) is 0 Å². The second-order valence-electron chi connectivity index (χ2n) is 5.33. The number of esters is 1. The van der Waals surface area contributed by atoms with Crippen molar-refractivity contribution in [3.05, 3.63) is 24.0 Å². The lowest BCUT2D eigenvalue weighted by Gasteiger charge is -2.01. The molecule has 0 radical (unpaired) electrons. The van der Waals surface area contributed by atoms with Crippen molar-refractivity contribution in [3.8, 4) is 0 Å². The Kier molecular flexibility index (Phi) is 9.13. The van der Waals surface area contributed by atoms with Gasteiger partial charge < -0.3 is 4.74 Å². The van der Waals surface area contributed by atoms with Gasteiger partial charge in [-0.05, 0) is 25.0 Å². The van der Waals surface area contributed by atoms with Crippen molar-refractivity contribution in [2.24, 2.45) is 0 Å². The van der Waals surface area contributed by atoms with Crippen LogP contribution in [-0.2, 0) is 9.53 Å². The molecule has 0 amide bonds. The van der Waals surface area contributed by atoms with E-state index in [1.807, 2.05) is 6.08 Å². The minimum absolute atomic E-state index is 0.241. The van der Waals surface area contributed by atoms with E-state index >= 15 is 0 Å². The van der Waals surface area contributed by atoms with Gasteiger partial charge in [-0.1, -0.05) is 64.7 Å². The first kappa shape index (κ1) is 16.0. The summed E-state index contributed by atoms with van der Waals surface area (Å²) < 4.78 is 4.96. The molecule has 2 heteroatoms. The summed E-state index contributed by atoms with van der Waals surface area (Å²) in [7, 11) is 0. The summed E-state index contributed by atoms with van der Waals surface area (Å²) >= 11 is 0.